The molecule has 1 unspecified atom stereocenters. The van der Waals surface area contributed by atoms with E-state index in [1.54, 1.807) is 5.56 Å². The predicted octanol–water partition coefficient (Wildman–Crippen LogP) is 2.78. The summed E-state index contributed by atoms with van der Waals surface area (Å²) in [5.74, 6) is 0.874. The van der Waals surface area contributed by atoms with E-state index in [0.29, 0.717) is 6.04 Å². The number of halogens is 1. The third kappa shape index (κ3) is 3.25. The van der Waals surface area contributed by atoms with Crippen LogP contribution in [-0.4, -0.2) is 31.1 Å². The molecule has 0 aromatic heterocycles. The van der Waals surface area contributed by atoms with Gasteiger partial charge in [0.25, 0.3) is 0 Å². The molecule has 1 aliphatic carbocycles. The summed E-state index contributed by atoms with van der Waals surface area (Å²) in [6.45, 7) is 3.56. The van der Waals surface area contributed by atoms with Crippen molar-refractivity contribution in [2.75, 3.05) is 20.1 Å². The number of hydrogen-bond acceptors (Lipinski definition) is 2. The van der Waals surface area contributed by atoms with Crippen LogP contribution in [0.5, 0.6) is 0 Å². The van der Waals surface area contributed by atoms with E-state index < -0.39 is 0 Å². The van der Waals surface area contributed by atoms with Gasteiger partial charge in [-0.3, -0.25) is 4.90 Å². The molecule has 1 saturated carbocycles. The molecule has 1 aliphatic heterocycles. The molecule has 0 radical (unpaired) electrons. The van der Waals surface area contributed by atoms with Gasteiger partial charge in [0.1, 0.15) is 0 Å². The van der Waals surface area contributed by atoms with Crippen molar-refractivity contribution in [3.8, 4) is 0 Å². The Kier molecular flexibility index (Phi) is 4.66. The number of likely N-dealkylation sites (tertiary alicyclic amines) is 1. The molecule has 100 valence electrons. The third-order valence-electron chi connectivity index (χ3n) is 4.09. The lowest BCUT2D eigenvalue weighted by molar-refractivity contribution is 0.322. The summed E-state index contributed by atoms with van der Waals surface area (Å²) in [5.41, 5.74) is 3.05. The van der Waals surface area contributed by atoms with Gasteiger partial charge in [-0.15, -0.1) is 12.4 Å². The SMILES string of the molecule is CNC1CCN(Cc2cccc(C3CC3)c2)C1.Cl. The minimum atomic E-state index is 0. The highest BCUT2D eigenvalue weighted by atomic mass is 35.5. The maximum absolute atomic E-state index is 3.38. The topological polar surface area (TPSA) is 15.3 Å². The maximum atomic E-state index is 3.38. The summed E-state index contributed by atoms with van der Waals surface area (Å²) in [4.78, 5) is 2.56. The van der Waals surface area contributed by atoms with Crippen molar-refractivity contribution in [1.82, 2.24) is 10.2 Å². The van der Waals surface area contributed by atoms with Crippen molar-refractivity contribution in [3.63, 3.8) is 0 Å². The molecule has 18 heavy (non-hydrogen) atoms. The van der Waals surface area contributed by atoms with Gasteiger partial charge in [-0.1, -0.05) is 24.3 Å². The van der Waals surface area contributed by atoms with E-state index in [1.807, 2.05) is 0 Å². The molecule has 1 saturated heterocycles. The van der Waals surface area contributed by atoms with Crippen molar-refractivity contribution in [2.45, 2.75) is 37.8 Å². The average molecular weight is 267 g/mol. The third-order valence-corrected chi connectivity index (χ3v) is 4.09. The Balaban J connectivity index is 0.00000120. The monoisotopic (exact) mass is 266 g/mol. The summed E-state index contributed by atoms with van der Waals surface area (Å²) < 4.78 is 0. The quantitative estimate of drug-likeness (QED) is 0.902. The number of likely N-dealkylation sites (N-methyl/N-ethyl adjacent to an activating group) is 1. The Morgan fingerprint density at radius 3 is 2.78 bits per heavy atom. The van der Waals surface area contributed by atoms with Gasteiger partial charge < -0.3 is 5.32 Å². The Morgan fingerprint density at radius 1 is 1.28 bits per heavy atom. The second kappa shape index (κ2) is 6.05. The molecular formula is C15H23ClN2. The van der Waals surface area contributed by atoms with Crippen LogP contribution < -0.4 is 5.32 Å². The molecule has 2 nitrogen and oxygen atoms in total. The van der Waals surface area contributed by atoms with Gasteiger partial charge in [0.15, 0.2) is 0 Å². The van der Waals surface area contributed by atoms with Crippen LogP contribution in [0, 0.1) is 0 Å². The van der Waals surface area contributed by atoms with Gasteiger partial charge in [0.2, 0.25) is 0 Å². The molecule has 1 aromatic rings. The highest BCUT2D eigenvalue weighted by Gasteiger charge is 2.24. The molecule has 2 fully saturated rings. The summed E-state index contributed by atoms with van der Waals surface area (Å²) in [6.07, 6.45) is 4.09. The first-order valence-corrected chi connectivity index (χ1v) is 6.83. The van der Waals surface area contributed by atoms with E-state index >= 15 is 0 Å². The minimum absolute atomic E-state index is 0. The fraction of sp³-hybridized carbons (Fsp3) is 0.600. The molecule has 2 aliphatic rings. The van der Waals surface area contributed by atoms with Crippen LogP contribution in [0.15, 0.2) is 24.3 Å². The van der Waals surface area contributed by atoms with Gasteiger partial charge >= 0.3 is 0 Å². The zero-order chi connectivity index (χ0) is 11.7. The van der Waals surface area contributed by atoms with Gasteiger partial charge in [0.05, 0.1) is 0 Å². The average Bonchev–Trinajstić information content (AvgIpc) is 3.11. The van der Waals surface area contributed by atoms with Crippen LogP contribution in [0.25, 0.3) is 0 Å². The van der Waals surface area contributed by atoms with Crippen LogP contribution in [0.2, 0.25) is 0 Å². The van der Waals surface area contributed by atoms with E-state index in [9.17, 15) is 0 Å². The van der Waals surface area contributed by atoms with Crippen molar-refractivity contribution < 1.29 is 0 Å². The summed E-state index contributed by atoms with van der Waals surface area (Å²) in [5, 5.41) is 3.38. The minimum Gasteiger partial charge on any atom is -0.316 e. The second-order valence-corrected chi connectivity index (χ2v) is 5.53. The molecular weight excluding hydrogens is 244 g/mol. The predicted molar refractivity (Wildman–Crippen MR) is 78.4 cm³/mol. The number of rotatable bonds is 4. The van der Waals surface area contributed by atoms with Crippen LogP contribution >= 0.6 is 12.4 Å². The number of benzene rings is 1. The highest BCUT2D eigenvalue weighted by molar-refractivity contribution is 5.85. The number of nitrogens with zero attached hydrogens (tertiary/aromatic N) is 1. The normalized spacial score (nSPS) is 23.9. The molecule has 0 spiro atoms. The van der Waals surface area contributed by atoms with Crippen molar-refractivity contribution in [2.24, 2.45) is 0 Å². The van der Waals surface area contributed by atoms with Crippen molar-refractivity contribution in [3.05, 3.63) is 35.4 Å². The van der Waals surface area contributed by atoms with E-state index in [0.717, 1.165) is 12.5 Å². The van der Waals surface area contributed by atoms with Gasteiger partial charge in [-0.05, 0) is 43.4 Å². The molecule has 3 heteroatoms. The second-order valence-electron chi connectivity index (χ2n) is 5.53. The lowest BCUT2D eigenvalue weighted by Crippen LogP contribution is -2.29. The van der Waals surface area contributed by atoms with Gasteiger partial charge in [-0.2, -0.15) is 0 Å². The van der Waals surface area contributed by atoms with E-state index in [2.05, 4.69) is 41.5 Å². The Labute approximate surface area is 116 Å². The summed E-state index contributed by atoms with van der Waals surface area (Å²) in [7, 11) is 2.07. The van der Waals surface area contributed by atoms with E-state index in [-0.39, 0.29) is 12.4 Å². The van der Waals surface area contributed by atoms with Crippen LogP contribution in [-0.2, 0) is 6.54 Å². The van der Waals surface area contributed by atoms with Crippen LogP contribution in [0.1, 0.15) is 36.3 Å². The van der Waals surface area contributed by atoms with Crippen LogP contribution in [0.4, 0.5) is 0 Å². The zero-order valence-electron chi connectivity index (χ0n) is 11.1. The molecule has 1 atom stereocenters. The maximum Gasteiger partial charge on any atom is 0.0234 e. The Hall–Kier alpha value is -0.570. The van der Waals surface area contributed by atoms with Crippen LogP contribution in [0.3, 0.4) is 0 Å². The fourth-order valence-corrected chi connectivity index (χ4v) is 2.83. The first kappa shape index (κ1) is 13.9. The Bertz CT molecular complexity index is 390. The van der Waals surface area contributed by atoms with Gasteiger partial charge in [-0.25, -0.2) is 0 Å². The molecule has 1 aromatic carbocycles. The summed E-state index contributed by atoms with van der Waals surface area (Å²) in [6, 6.07) is 9.92. The summed E-state index contributed by atoms with van der Waals surface area (Å²) >= 11 is 0. The largest absolute Gasteiger partial charge is 0.316 e. The van der Waals surface area contributed by atoms with Crippen molar-refractivity contribution >= 4 is 12.4 Å². The highest BCUT2D eigenvalue weighted by Crippen LogP contribution is 2.40. The lowest BCUT2D eigenvalue weighted by Gasteiger charge is -2.16. The van der Waals surface area contributed by atoms with E-state index in [4.69, 9.17) is 0 Å². The zero-order valence-corrected chi connectivity index (χ0v) is 11.9. The van der Waals surface area contributed by atoms with Gasteiger partial charge in [0, 0.05) is 25.7 Å². The molecule has 1 N–H and O–H groups in total. The first-order chi connectivity index (χ1) is 8.35. The molecule has 1 heterocycles. The first-order valence-electron chi connectivity index (χ1n) is 6.83. The van der Waals surface area contributed by atoms with E-state index in [1.165, 1.54) is 37.9 Å². The standard InChI is InChI=1S/C15H22N2.ClH/c1-16-15-7-8-17(11-15)10-12-3-2-4-14(9-12)13-5-6-13;/h2-4,9,13,15-16H,5-8,10-11H2,1H3;1H. The molecule has 0 bridgehead atoms. The van der Waals surface area contributed by atoms with Crippen molar-refractivity contribution in [1.29, 1.82) is 0 Å². The Morgan fingerprint density at radius 2 is 2.11 bits per heavy atom. The fourth-order valence-electron chi connectivity index (χ4n) is 2.83. The smallest absolute Gasteiger partial charge is 0.0234 e. The number of nitrogens with one attached hydrogen (secondary N) is 1. The number of hydrogen-bond donors (Lipinski definition) is 1. The molecule has 0 amide bonds. The molecule has 3 rings (SSSR count). The lowest BCUT2D eigenvalue weighted by atomic mass is 10.1.